The fourth-order valence-electron chi connectivity index (χ4n) is 4.57. The number of piperidine rings is 1. The number of aromatic nitrogens is 3. The smallest absolute Gasteiger partial charge is 0.373 e. The summed E-state index contributed by atoms with van der Waals surface area (Å²) in [7, 11) is 0. The van der Waals surface area contributed by atoms with E-state index in [0.717, 1.165) is 61.6 Å². The molecule has 12 heteroatoms. The van der Waals surface area contributed by atoms with Crippen molar-refractivity contribution in [3.63, 3.8) is 0 Å². The van der Waals surface area contributed by atoms with E-state index in [1.807, 2.05) is 12.1 Å². The SMILES string of the molecule is O=C1NC(c2cc(N3CCC(OCc4c(-c5c(Cl)cccc5Cl)noc4C4CC4)CC3)n[nH]2)NO1. The molecule has 6 rings (SSSR count). The number of halogens is 2. The van der Waals surface area contributed by atoms with Gasteiger partial charge in [0.25, 0.3) is 0 Å². The molecule has 0 spiro atoms. The zero-order chi connectivity index (χ0) is 23.9. The van der Waals surface area contributed by atoms with E-state index in [0.29, 0.717) is 33.8 Å². The number of benzene rings is 1. The van der Waals surface area contributed by atoms with Crippen molar-refractivity contribution >= 4 is 35.1 Å². The molecular formula is C23H24Cl2N6O4. The van der Waals surface area contributed by atoms with Crippen molar-refractivity contribution in [3.8, 4) is 11.3 Å². The molecule has 2 aromatic heterocycles. The van der Waals surface area contributed by atoms with Crippen LogP contribution >= 0.6 is 23.2 Å². The molecule has 3 aromatic rings. The van der Waals surface area contributed by atoms with Gasteiger partial charge in [0.2, 0.25) is 0 Å². The molecule has 0 bridgehead atoms. The second-order valence-electron chi connectivity index (χ2n) is 9.01. The van der Waals surface area contributed by atoms with E-state index < -0.39 is 12.3 Å². The second-order valence-corrected chi connectivity index (χ2v) is 9.82. The Labute approximate surface area is 211 Å². The van der Waals surface area contributed by atoms with Gasteiger partial charge in [-0.15, -0.1) is 5.48 Å². The zero-order valence-corrected chi connectivity index (χ0v) is 20.2. The molecular weight excluding hydrogens is 495 g/mol. The van der Waals surface area contributed by atoms with Gasteiger partial charge in [-0.2, -0.15) is 5.10 Å². The maximum absolute atomic E-state index is 11.2. The van der Waals surface area contributed by atoms with Crippen LogP contribution in [0.25, 0.3) is 11.3 Å². The number of aromatic amines is 1. The molecule has 2 saturated heterocycles. The quantitative estimate of drug-likeness (QED) is 0.412. The van der Waals surface area contributed by atoms with Gasteiger partial charge in [0.15, 0.2) is 12.0 Å². The first-order valence-electron chi connectivity index (χ1n) is 11.6. The van der Waals surface area contributed by atoms with Crippen LogP contribution in [0.15, 0.2) is 28.8 Å². The van der Waals surface area contributed by atoms with Crippen LogP contribution in [0.5, 0.6) is 0 Å². The van der Waals surface area contributed by atoms with Crippen molar-refractivity contribution < 1.29 is 18.9 Å². The van der Waals surface area contributed by atoms with Gasteiger partial charge in [0.1, 0.15) is 11.5 Å². The molecule has 10 nitrogen and oxygen atoms in total. The average molecular weight is 519 g/mol. The number of amides is 1. The maximum atomic E-state index is 11.2. The highest BCUT2D eigenvalue weighted by molar-refractivity contribution is 6.39. The standard InChI is InChI=1S/C23H24Cl2N6O4/c24-15-2-1-3-16(25)19(15)20-14(21(34-29-20)12-4-5-12)11-33-13-6-8-31(9-7-13)18-10-17(27-28-18)22-26-23(32)35-30-22/h1-3,10,12-13,22,30H,4-9,11H2,(H,26,32)(H,27,28). The number of nitrogens with one attached hydrogen (secondary N) is 3. The van der Waals surface area contributed by atoms with Gasteiger partial charge in [-0.1, -0.05) is 34.4 Å². The van der Waals surface area contributed by atoms with E-state index in [1.54, 1.807) is 12.1 Å². The predicted molar refractivity (Wildman–Crippen MR) is 128 cm³/mol. The summed E-state index contributed by atoms with van der Waals surface area (Å²) < 4.78 is 12.1. The summed E-state index contributed by atoms with van der Waals surface area (Å²) in [5.74, 6) is 2.09. The summed E-state index contributed by atoms with van der Waals surface area (Å²) >= 11 is 12.9. The molecule has 184 valence electrons. The van der Waals surface area contributed by atoms with Gasteiger partial charge in [-0.05, 0) is 37.8 Å². The van der Waals surface area contributed by atoms with Crippen LogP contribution in [0.3, 0.4) is 0 Å². The lowest BCUT2D eigenvalue weighted by molar-refractivity contribution is 0.0245. The van der Waals surface area contributed by atoms with Gasteiger partial charge in [0, 0.05) is 36.2 Å². The van der Waals surface area contributed by atoms with Crippen LogP contribution < -0.4 is 15.7 Å². The topological polar surface area (TPSA) is 118 Å². The van der Waals surface area contributed by atoms with Gasteiger partial charge in [-0.25, -0.2) is 4.79 Å². The number of rotatable bonds is 7. The lowest BCUT2D eigenvalue weighted by Crippen LogP contribution is -2.37. The predicted octanol–water partition coefficient (Wildman–Crippen LogP) is 4.68. The third-order valence-electron chi connectivity index (χ3n) is 6.62. The molecule has 1 atom stereocenters. The van der Waals surface area contributed by atoms with Crippen LogP contribution in [0.4, 0.5) is 10.6 Å². The molecule has 3 N–H and O–H groups in total. The van der Waals surface area contributed by atoms with Crippen molar-refractivity contribution in [1.29, 1.82) is 0 Å². The zero-order valence-electron chi connectivity index (χ0n) is 18.7. The molecule has 3 fully saturated rings. The first-order chi connectivity index (χ1) is 17.1. The first-order valence-corrected chi connectivity index (χ1v) is 12.4. The number of anilines is 1. The van der Waals surface area contributed by atoms with E-state index in [9.17, 15) is 4.79 Å². The number of hydroxylamine groups is 1. The fourth-order valence-corrected chi connectivity index (χ4v) is 5.14. The van der Waals surface area contributed by atoms with E-state index in [2.05, 4.69) is 31.1 Å². The minimum Gasteiger partial charge on any atom is -0.373 e. The molecule has 35 heavy (non-hydrogen) atoms. The minimum atomic E-state index is -0.512. The third-order valence-corrected chi connectivity index (χ3v) is 7.25. The number of carbonyl (C=O) groups excluding carboxylic acids is 1. The van der Waals surface area contributed by atoms with Crippen LogP contribution in [0.2, 0.25) is 10.0 Å². The summed E-state index contributed by atoms with van der Waals surface area (Å²) in [5, 5.41) is 15.4. The Morgan fingerprint density at radius 1 is 1.14 bits per heavy atom. The monoisotopic (exact) mass is 518 g/mol. The Morgan fingerprint density at radius 3 is 2.60 bits per heavy atom. The van der Waals surface area contributed by atoms with E-state index in [4.69, 9.17) is 37.3 Å². The highest BCUT2D eigenvalue weighted by Gasteiger charge is 2.34. The van der Waals surface area contributed by atoms with Crippen LogP contribution in [-0.2, 0) is 16.2 Å². The Bertz CT molecular complexity index is 1210. The second kappa shape index (κ2) is 9.34. The fraction of sp³-hybridized carbons (Fsp3) is 0.435. The van der Waals surface area contributed by atoms with Crippen molar-refractivity contribution in [2.24, 2.45) is 0 Å². The molecule has 2 aliphatic heterocycles. The number of ether oxygens (including phenoxy) is 1. The lowest BCUT2D eigenvalue weighted by Gasteiger charge is -2.32. The average Bonchev–Trinajstić information content (AvgIpc) is 3.23. The summed E-state index contributed by atoms with van der Waals surface area (Å²) in [6, 6.07) is 7.33. The van der Waals surface area contributed by atoms with Gasteiger partial charge >= 0.3 is 6.09 Å². The van der Waals surface area contributed by atoms with Gasteiger partial charge in [0.05, 0.1) is 28.5 Å². The molecule has 1 saturated carbocycles. The number of nitrogens with zero attached hydrogens (tertiary/aromatic N) is 3. The molecule has 0 radical (unpaired) electrons. The molecule has 1 amide bonds. The van der Waals surface area contributed by atoms with Crippen LogP contribution in [0.1, 0.15) is 54.8 Å². The van der Waals surface area contributed by atoms with Crippen molar-refractivity contribution in [2.45, 2.75) is 50.5 Å². The Kier molecular flexibility index (Phi) is 6.05. The molecule has 4 heterocycles. The van der Waals surface area contributed by atoms with Gasteiger partial charge in [-0.3, -0.25) is 10.4 Å². The first kappa shape index (κ1) is 22.7. The van der Waals surface area contributed by atoms with Crippen molar-refractivity contribution in [2.75, 3.05) is 18.0 Å². The number of carbonyl (C=O) groups is 1. The number of hydrogen-bond acceptors (Lipinski definition) is 8. The summed E-state index contributed by atoms with van der Waals surface area (Å²) in [5.41, 5.74) is 5.64. The van der Waals surface area contributed by atoms with Crippen LogP contribution in [-0.4, -0.2) is 40.6 Å². The van der Waals surface area contributed by atoms with E-state index >= 15 is 0 Å². The molecule has 1 aliphatic carbocycles. The van der Waals surface area contributed by atoms with Crippen molar-refractivity contribution in [1.82, 2.24) is 26.2 Å². The normalized spacial score (nSPS) is 20.8. The van der Waals surface area contributed by atoms with E-state index in [-0.39, 0.29) is 6.10 Å². The highest BCUT2D eigenvalue weighted by atomic mass is 35.5. The summed E-state index contributed by atoms with van der Waals surface area (Å²) in [6.07, 6.45) is 3.05. The largest absolute Gasteiger partial charge is 0.427 e. The summed E-state index contributed by atoms with van der Waals surface area (Å²) in [6.45, 7) is 2.01. The Morgan fingerprint density at radius 2 is 1.91 bits per heavy atom. The minimum absolute atomic E-state index is 0.102. The molecule has 3 aliphatic rings. The summed E-state index contributed by atoms with van der Waals surface area (Å²) in [4.78, 5) is 18.2. The molecule has 1 aromatic carbocycles. The van der Waals surface area contributed by atoms with Crippen LogP contribution in [0, 0.1) is 0 Å². The van der Waals surface area contributed by atoms with E-state index in [1.165, 1.54) is 0 Å². The maximum Gasteiger partial charge on any atom is 0.427 e. The number of hydrogen-bond donors (Lipinski definition) is 3. The third kappa shape index (κ3) is 4.58. The number of H-pyrrole nitrogens is 1. The molecule has 1 unspecified atom stereocenters. The Hall–Kier alpha value is -2.79. The highest BCUT2D eigenvalue weighted by Crippen LogP contribution is 2.46. The van der Waals surface area contributed by atoms with Gasteiger partial charge < -0.3 is 19.0 Å². The van der Waals surface area contributed by atoms with Crippen molar-refractivity contribution in [3.05, 3.63) is 51.3 Å². The Balaban J connectivity index is 1.10. The lowest BCUT2D eigenvalue weighted by atomic mass is 10.0.